The van der Waals surface area contributed by atoms with Crippen LogP contribution in [0.2, 0.25) is 0 Å². The average Bonchev–Trinajstić information content (AvgIpc) is 2.47. The minimum absolute atomic E-state index is 0.596. The minimum Gasteiger partial charge on any atom is -0.338 e. The van der Waals surface area contributed by atoms with Gasteiger partial charge in [0.25, 0.3) is 0 Å². The lowest BCUT2D eigenvalue weighted by molar-refractivity contribution is 0.311. The normalized spacial score (nSPS) is 19.9. The van der Waals surface area contributed by atoms with E-state index in [4.69, 9.17) is 4.98 Å². The topological polar surface area (TPSA) is 56.0 Å². The number of aryl methyl sites for hydroxylation is 1. The molecule has 1 aliphatic carbocycles. The van der Waals surface area contributed by atoms with Crippen molar-refractivity contribution in [3.05, 3.63) is 17.0 Å². The van der Waals surface area contributed by atoms with E-state index >= 15 is 0 Å². The molecule has 1 saturated heterocycles. The van der Waals surface area contributed by atoms with Crippen molar-refractivity contribution in [2.75, 3.05) is 38.1 Å². The molecule has 0 atom stereocenters. The molecule has 1 aliphatic heterocycles. The summed E-state index contributed by atoms with van der Waals surface area (Å²) >= 11 is 0. The zero-order chi connectivity index (χ0) is 13.2. The van der Waals surface area contributed by atoms with Gasteiger partial charge in [-0.2, -0.15) is 5.26 Å². The molecular formula is C14H19N5. The van der Waals surface area contributed by atoms with Gasteiger partial charge in [0.2, 0.25) is 5.95 Å². The monoisotopic (exact) mass is 257 g/mol. The Labute approximate surface area is 113 Å². The number of piperazine rings is 1. The summed E-state index contributed by atoms with van der Waals surface area (Å²) in [5.41, 5.74) is 2.79. The Kier molecular flexibility index (Phi) is 3.34. The van der Waals surface area contributed by atoms with Gasteiger partial charge in [-0.05, 0) is 32.7 Å². The Morgan fingerprint density at radius 3 is 2.53 bits per heavy atom. The molecule has 19 heavy (non-hydrogen) atoms. The third kappa shape index (κ3) is 2.41. The molecule has 2 aliphatic rings. The molecule has 0 aromatic carbocycles. The molecular weight excluding hydrogens is 238 g/mol. The van der Waals surface area contributed by atoms with Crippen molar-refractivity contribution < 1.29 is 0 Å². The van der Waals surface area contributed by atoms with E-state index in [2.05, 4.69) is 27.9 Å². The molecule has 0 radical (unpaired) electrons. The molecule has 0 N–H and O–H groups in total. The lowest BCUT2D eigenvalue weighted by Crippen LogP contribution is -2.45. The number of hydrogen-bond acceptors (Lipinski definition) is 5. The molecule has 0 saturated carbocycles. The smallest absolute Gasteiger partial charge is 0.226 e. The first-order chi connectivity index (χ1) is 9.28. The molecule has 3 rings (SSSR count). The summed E-state index contributed by atoms with van der Waals surface area (Å²) in [5, 5.41) is 9.29. The van der Waals surface area contributed by atoms with Crippen LogP contribution in [0.25, 0.3) is 0 Å². The van der Waals surface area contributed by atoms with Gasteiger partial charge in [-0.25, -0.2) is 9.97 Å². The Bertz CT molecular complexity index is 511. The maximum Gasteiger partial charge on any atom is 0.226 e. The fourth-order valence-electron chi connectivity index (χ4n) is 2.82. The first-order valence-corrected chi connectivity index (χ1v) is 7.01. The number of fused-ring (bicyclic) bond motifs is 1. The summed E-state index contributed by atoms with van der Waals surface area (Å²) in [6, 6.07) is 2.26. The standard InChI is InChI=1S/C14H19N5/c1-18-6-8-19(9-7-18)14-16-12-5-3-2-4-11(12)13(10-15)17-14/h2-9H2,1H3. The Balaban J connectivity index is 1.92. The van der Waals surface area contributed by atoms with Gasteiger partial charge in [-0.15, -0.1) is 0 Å². The van der Waals surface area contributed by atoms with Crippen molar-refractivity contribution in [2.45, 2.75) is 25.7 Å². The predicted molar refractivity (Wildman–Crippen MR) is 73.1 cm³/mol. The van der Waals surface area contributed by atoms with E-state index in [0.717, 1.165) is 62.6 Å². The lowest BCUT2D eigenvalue weighted by atomic mass is 9.95. The van der Waals surface area contributed by atoms with Gasteiger partial charge in [-0.1, -0.05) is 0 Å². The number of hydrogen-bond donors (Lipinski definition) is 0. The fraction of sp³-hybridized carbons (Fsp3) is 0.643. The third-order valence-electron chi connectivity index (χ3n) is 4.06. The molecule has 0 spiro atoms. The van der Waals surface area contributed by atoms with Crippen LogP contribution in [0.3, 0.4) is 0 Å². The number of anilines is 1. The average molecular weight is 257 g/mol. The Morgan fingerprint density at radius 1 is 1.05 bits per heavy atom. The van der Waals surface area contributed by atoms with E-state index in [1.807, 2.05) is 0 Å². The second-order valence-corrected chi connectivity index (χ2v) is 5.41. The summed E-state index contributed by atoms with van der Waals surface area (Å²) in [5.74, 6) is 0.755. The van der Waals surface area contributed by atoms with Crippen LogP contribution in [0.5, 0.6) is 0 Å². The van der Waals surface area contributed by atoms with Gasteiger partial charge in [0.15, 0.2) is 0 Å². The highest BCUT2D eigenvalue weighted by atomic mass is 15.3. The second-order valence-electron chi connectivity index (χ2n) is 5.41. The molecule has 0 unspecified atom stereocenters. The van der Waals surface area contributed by atoms with Crippen LogP contribution in [0, 0.1) is 11.3 Å². The van der Waals surface area contributed by atoms with Gasteiger partial charge in [0.05, 0.1) is 5.69 Å². The zero-order valence-electron chi connectivity index (χ0n) is 11.4. The summed E-state index contributed by atoms with van der Waals surface area (Å²) in [6.07, 6.45) is 4.28. The molecule has 5 heteroatoms. The molecule has 100 valence electrons. The Morgan fingerprint density at radius 2 is 1.79 bits per heavy atom. The van der Waals surface area contributed by atoms with Crippen molar-refractivity contribution >= 4 is 5.95 Å². The Hall–Kier alpha value is -1.67. The van der Waals surface area contributed by atoms with E-state index < -0.39 is 0 Å². The first-order valence-electron chi connectivity index (χ1n) is 7.01. The highest BCUT2D eigenvalue weighted by molar-refractivity contribution is 5.43. The molecule has 2 heterocycles. The van der Waals surface area contributed by atoms with Crippen LogP contribution in [0.15, 0.2) is 0 Å². The maximum absolute atomic E-state index is 9.29. The van der Waals surface area contributed by atoms with Crippen LogP contribution in [-0.2, 0) is 12.8 Å². The molecule has 5 nitrogen and oxygen atoms in total. The molecule has 0 amide bonds. The highest BCUT2D eigenvalue weighted by Gasteiger charge is 2.22. The van der Waals surface area contributed by atoms with Gasteiger partial charge < -0.3 is 9.80 Å². The largest absolute Gasteiger partial charge is 0.338 e. The third-order valence-corrected chi connectivity index (χ3v) is 4.06. The van der Waals surface area contributed by atoms with Gasteiger partial charge in [-0.3, -0.25) is 0 Å². The molecule has 1 fully saturated rings. The van der Waals surface area contributed by atoms with Crippen molar-refractivity contribution in [1.29, 1.82) is 5.26 Å². The summed E-state index contributed by atoms with van der Waals surface area (Å²) in [7, 11) is 2.13. The number of nitrogens with zero attached hydrogens (tertiary/aromatic N) is 5. The number of likely N-dealkylation sites (N-methyl/N-ethyl adjacent to an activating group) is 1. The van der Waals surface area contributed by atoms with Crippen molar-refractivity contribution in [2.24, 2.45) is 0 Å². The quantitative estimate of drug-likeness (QED) is 0.750. The molecule has 0 bridgehead atoms. The minimum atomic E-state index is 0.596. The van der Waals surface area contributed by atoms with Crippen molar-refractivity contribution in [3.63, 3.8) is 0 Å². The van der Waals surface area contributed by atoms with E-state index in [1.54, 1.807) is 0 Å². The van der Waals surface area contributed by atoms with Gasteiger partial charge in [0, 0.05) is 31.7 Å². The fourth-order valence-corrected chi connectivity index (χ4v) is 2.82. The van der Waals surface area contributed by atoms with Crippen LogP contribution < -0.4 is 4.90 Å². The highest BCUT2D eigenvalue weighted by Crippen LogP contribution is 2.24. The van der Waals surface area contributed by atoms with Crippen LogP contribution in [-0.4, -0.2) is 48.1 Å². The number of rotatable bonds is 1. The van der Waals surface area contributed by atoms with Crippen molar-refractivity contribution in [3.8, 4) is 6.07 Å². The number of aromatic nitrogens is 2. The van der Waals surface area contributed by atoms with Crippen LogP contribution >= 0.6 is 0 Å². The molecule has 1 aromatic rings. The van der Waals surface area contributed by atoms with Crippen LogP contribution in [0.4, 0.5) is 5.95 Å². The van der Waals surface area contributed by atoms with E-state index in [9.17, 15) is 5.26 Å². The second kappa shape index (κ2) is 5.14. The zero-order valence-corrected chi connectivity index (χ0v) is 11.4. The first kappa shape index (κ1) is 12.4. The van der Waals surface area contributed by atoms with Gasteiger partial charge >= 0.3 is 0 Å². The van der Waals surface area contributed by atoms with Crippen LogP contribution in [0.1, 0.15) is 29.8 Å². The predicted octanol–water partition coefficient (Wildman–Crippen LogP) is 0.979. The van der Waals surface area contributed by atoms with Crippen molar-refractivity contribution in [1.82, 2.24) is 14.9 Å². The summed E-state index contributed by atoms with van der Waals surface area (Å²) in [6.45, 7) is 3.95. The summed E-state index contributed by atoms with van der Waals surface area (Å²) < 4.78 is 0. The number of nitriles is 1. The molecule has 1 aromatic heterocycles. The van der Waals surface area contributed by atoms with E-state index in [-0.39, 0.29) is 0 Å². The summed E-state index contributed by atoms with van der Waals surface area (Å²) in [4.78, 5) is 13.7. The van der Waals surface area contributed by atoms with E-state index in [0.29, 0.717) is 5.69 Å². The van der Waals surface area contributed by atoms with Gasteiger partial charge in [0.1, 0.15) is 11.8 Å². The van der Waals surface area contributed by atoms with E-state index in [1.165, 1.54) is 6.42 Å². The lowest BCUT2D eigenvalue weighted by Gasteiger charge is -2.33. The SMILES string of the molecule is CN1CCN(c2nc(C#N)c3c(n2)CCCC3)CC1. The maximum atomic E-state index is 9.29.